The zero-order valence-corrected chi connectivity index (χ0v) is 17.7. The summed E-state index contributed by atoms with van der Waals surface area (Å²) in [5.41, 5.74) is -2.02. The Morgan fingerprint density at radius 1 is 0.500 bits per heavy atom. The second-order valence-corrected chi connectivity index (χ2v) is 7.29. The summed E-state index contributed by atoms with van der Waals surface area (Å²) in [6, 6.07) is 0. The van der Waals surface area contributed by atoms with Crippen LogP contribution in [0.1, 0.15) is 6.42 Å². The van der Waals surface area contributed by atoms with Crippen LogP contribution in [0.5, 0.6) is 5.75 Å². The normalized spacial score (nSPS) is 14.8. The van der Waals surface area contributed by atoms with Crippen LogP contribution in [0, 0.1) is 29.8 Å². The summed E-state index contributed by atoms with van der Waals surface area (Å²) in [5, 5.41) is 0. The lowest BCUT2D eigenvalue weighted by Crippen LogP contribution is -2.74. The molecule has 0 atom stereocenters. The average molecular weight is 637 g/mol. The maximum absolute atomic E-state index is 13.7. The predicted molar refractivity (Wildman–Crippen MR) is 83.3 cm³/mol. The maximum Gasteiger partial charge on any atom is 0.460 e. The summed E-state index contributed by atoms with van der Waals surface area (Å²) >= 11 is 0. The van der Waals surface area contributed by atoms with Crippen molar-refractivity contribution < 1.29 is 96.9 Å². The van der Waals surface area contributed by atoms with E-state index in [2.05, 4.69) is 4.74 Å². The molecule has 0 spiro atoms. The van der Waals surface area contributed by atoms with Gasteiger partial charge in [-0.15, -0.1) is 0 Å². The molecule has 2 nitrogen and oxygen atoms in total. The van der Waals surface area contributed by atoms with Gasteiger partial charge in [-0.1, -0.05) is 0 Å². The molecule has 0 unspecified atom stereocenters. The van der Waals surface area contributed by atoms with Crippen LogP contribution in [0.15, 0.2) is 0 Å². The fourth-order valence-corrected chi connectivity index (χ4v) is 2.46. The molecule has 0 aliphatic rings. The van der Waals surface area contributed by atoms with Crippen molar-refractivity contribution in [1.82, 2.24) is 0 Å². The van der Waals surface area contributed by atoms with Gasteiger partial charge < -0.3 is 4.74 Å². The van der Waals surface area contributed by atoms with E-state index in [1.807, 2.05) is 4.85 Å². The van der Waals surface area contributed by atoms with Crippen molar-refractivity contribution in [2.75, 3.05) is 6.61 Å². The first-order valence-electron chi connectivity index (χ1n) is 9.01. The molecule has 40 heavy (non-hydrogen) atoms. The van der Waals surface area contributed by atoms with Gasteiger partial charge in [0.1, 0.15) is 0 Å². The van der Waals surface area contributed by atoms with Crippen LogP contribution in [-0.2, 0) is 0 Å². The summed E-state index contributed by atoms with van der Waals surface area (Å²) in [4.78, 5) is 1.97. The van der Waals surface area contributed by atoms with Crippen LogP contribution in [0.2, 0.25) is 0 Å². The molecule has 23 heteroatoms. The number of rotatable bonds is 10. The Morgan fingerprint density at radius 2 is 0.825 bits per heavy atom. The van der Waals surface area contributed by atoms with E-state index in [9.17, 15) is 92.2 Å². The zero-order valence-electron chi connectivity index (χ0n) is 17.7. The second-order valence-electron chi connectivity index (χ2n) is 7.29. The SMILES string of the molecule is [C-]#[N+]c1c(F)c(F)c(OCCC(F)(F)C(F)(F)C(F)(F)C(F)(F)C(F)(F)C(F)(F)C(F)(F)C(F)(F)F)c(F)c1F. The number of alkyl halides is 17. The number of ether oxygens (including phenoxy) is 1. The maximum atomic E-state index is 13.7. The lowest BCUT2D eigenvalue weighted by molar-refractivity contribution is -0.461. The Balaban J connectivity index is 3.45. The Hall–Kier alpha value is -2.96. The molecule has 0 aliphatic heterocycles. The molecule has 0 aromatic heterocycles. The monoisotopic (exact) mass is 637 g/mol. The Labute approximate surface area is 205 Å². The van der Waals surface area contributed by atoms with Gasteiger partial charge in [0.15, 0.2) is 29.0 Å². The lowest BCUT2D eigenvalue weighted by Gasteiger charge is -2.42. The molecule has 0 heterocycles. The van der Waals surface area contributed by atoms with Crippen LogP contribution in [0.4, 0.5) is 97.9 Å². The van der Waals surface area contributed by atoms with Crippen LogP contribution in [0.25, 0.3) is 4.85 Å². The largest absolute Gasteiger partial charge is 0.487 e. The van der Waals surface area contributed by atoms with Crippen LogP contribution in [-0.4, -0.2) is 54.2 Å². The number of hydrogen-bond acceptors (Lipinski definition) is 1. The van der Waals surface area contributed by atoms with E-state index >= 15 is 0 Å². The van der Waals surface area contributed by atoms with Gasteiger partial charge in [0.05, 0.1) is 19.6 Å². The van der Waals surface area contributed by atoms with Crippen molar-refractivity contribution in [3.8, 4) is 5.75 Å². The van der Waals surface area contributed by atoms with E-state index in [0.29, 0.717) is 0 Å². The van der Waals surface area contributed by atoms with Crippen molar-refractivity contribution in [1.29, 1.82) is 0 Å². The third-order valence-corrected chi connectivity index (χ3v) is 4.76. The van der Waals surface area contributed by atoms with Gasteiger partial charge in [-0.3, -0.25) is 0 Å². The highest BCUT2D eigenvalue weighted by Gasteiger charge is 2.95. The molecular formula is C17H4F21NO. The molecule has 0 saturated carbocycles. The number of hydrogen-bond donors (Lipinski definition) is 0. The predicted octanol–water partition coefficient (Wildman–Crippen LogP) is 8.57. The summed E-state index contributed by atoms with van der Waals surface area (Å²) in [6.07, 6.45) is -11.2. The zero-order chi connectivity index (χ0) is 32.3. The van der Waals surface area contributed by atoms with E-state index in [0.717, 1.165) is 0 Å². The molecule has 1 aromatic rings. The van der Waals surface area contributed by atoms with Crippen LogP contribution >= 0.6 is 0 Å². The number of halogens is 21. The number of nitrogens with zero attached hydrogens (tertiary/aromatic N) is 1. The molecular weight excluding hydrogens is 633 g/mol. The third kappa shape index (κ3) is 4.69. The Kier molecular flexibility index (Phi) is 8.63. The topological polar surface area (TPSA) is 13.6 Å². The molecule has 0 radical (unpaired) electrons. The van der Waals surface area contributed by atoms with E-state index in [1.165, 1.54) is 0 Å². The van der Waals surface area contributed by atoms with E-state index in [-0.39, 0.29) is 0 Å². The van der Waals surface area contributed by atoms with Crippen molar-refractivity contribution in [2.24, 2.45) is 0 Å². The van der Waals surface area contributed by atoms with Gasteiger partial charge in [-0.05, 0) is 0 Å². The molecule has 1 rings (SSSR count). The summed E-state index contributed by atoms with van der Waals surface area (Å²) in [7, 11) is 0. The average Bonchev–Trinajstić information content (AvgIpc) is 2.78. The quantitative estimate of drug-likeness (QED) is 0.143. The van der Waals surface area contributed by atoms with Crippen molar-refractivity contribution >= 4 is 5.69 Å². The van der Waals surface area contributed by atoms with E-state index in [4.69, 9.17) is 6.57 Å². The Morgan fingerprint density at radius 3 is 1.15 bits per heavy atom. The fourth-order valence-electron chi connectivity index (χ4n) is 2.46. The van der Waals surface area contributed by atoms with Crippen molar-refractivity contribution in [3.05, 3.63) is 34.7 Å². The van der Waals surface area contributed by atoms with Gasteiger partial charge in [-0.25, -0.2) is 22.4 Å². The van der Waals surface area contributed by atoms with Crippen LogP contribution < -0.4 is 4.74 Å². The second kappa shape index (κ2) is 9.85. The Bertz CT molecular complexity index is 1130. The molecule has 0 N–H and O–H groups in total. The first kappa shape index (κ1) is 35.1. The van der Waals surface area contributed by atoms with Gasteiger partial charge in [0, 0.05) is 0 Å². The molecule has 0 amide bonds. The summed E-state index contributed by atoms with van der Waals surface area (Å²) < 4.78 is 281. The fraction of sp³-hybridized carbons (Fsp3) is 0.588. The molecule has 230 valence electrons. The molecule has 0 bridgehead atoms. The third-order valence-electron chi connectivity index (χ3n) is 4.76. The minimum absolute atomic E-state index is 1.97. The minimum atomic E-state index is -8.84. The van der Waals surface area contributed by atoms with Crippen molar-refractivity contribution in [3.63, 3.8) is 0 Å². The van der Waals surface area contributed by atoms with Crippen molar-refractivity contribution in [2.45, 2.75) is 54.1 Å². The molecule has 1 aromatic carbocycles. The molecule has 0 fully saturated rings. The van der Waals surface area contributed by atoms with Gasteiger partial charge >= 0.3 is 47.6 Å². The molecule has 0 saturated heterocycles. The highest BCUT2D eigenvalue weighted by molar-refractivity contribution is 5.52. The standard InChI is InChI=1S/C17H4F21NO/c1-39-8-4(18)6(20)9(7(21)5(8)19)40-3-2-10(22,23)11(24,25)12(26,27)13(28,29)14(30,31)15(32,33)16(34,35)17(36,37)38/h2-3H2. The van der Waals surface area contributed by atoms with E-state index in [1.54, 1.807) is 0 Å². The first-order valence-corrected chi connectivity index (χ1v) is 9.01. The van der Waals surface area contributed by atoms with Gasteiger partial charge in [-0.2, -0.15) is 74.6 Å². The van der Waals surface area contributed by atoms with Gasteiger partial charge in [0.25, 0.3) is 5.69 Å². The summed E-state index contributed by atoms with van der Waals surface area (Å²) in [5.74, 6) is -71.4. The molecule has 0 aliphatic carbocycles. The number of benzene rings is 1. The summed E-state index contributed by atoms with van der Waals surface area (Å²) in [6.45, 7) is 3.73. The highest BCUT2D eigenvalue weighted by Crippen LogP contribution is 2.64. The smallest absolute Gasteiger partial charge is 0.460 e. The minimum Gasteiger partial charge on any atom is -0.487 e. The van der Waals surface area contributed by atoms with E-state index < -0.39 is 95.4 Å². The van der Waals surface area contributed by atoms with Gasteiger partial charge in [0.2, 0.25) is 0 Å². The lowest BCUT2D eigenvalue weighted by atomic mass is 9.88. The van der Waals surface area contributed by atoms with Crippen LogP contribution in [0.3, 0.4) is 0 Å². The first-order chi connectivity index (χ1) is 17.4. The highest BCUT2D eigenvalue weighted by atomic mass is 19.4.